The lowest BCUT2D eigenvalue weighted by Gasteiger charge is -2.30. The monoisotopic (exact) mass is 277 g/mol. The Hall–Kier alpha value is -0.740. The Labute approximate surface area is 112 Å². The summed E-state index contributed by atoms with van der Waals surface area (Å²) in [4.78, 5) is 8.41. The molecule has 0 spiro atoms. The Bertz CT molecular complexity index is 361. The van der Waals surface area contributed by atoms with Gasteiger partial charge in [0.05, 0.1) is 12.6 Å². The normalized spacial score (nSPS) is 11.4. The Morgan fingerprint density at radius 2 is 2.00 bits per heavy atom. The number of nitrogens with zero attached hydrogens (tertiary/aromatic N) is 2. The molecule has 6 heteroatoms. The molecule has 1 heterocycles. The molecule has 0 aromatic carbocycles. The number of hydrogen-bond donors (Lipinski definition) is 1. The van der Waals surface area contributed by atoms with E-state index in [9.17, 15) is 0 Å². The molecule has 4 nitrogen and oxygen atoms in total. The molecule has 96 valence electrons. The predicted octanol–water partition coefficient (Wildman–Crippen LogP) is 2.83. The van der Waals surface area contributed by atoms with Crippen LogP contribution in [0.15, 0.2) is 6.07 Å². The van der Waals surface area contributed by atoms with Crippen molar-refractivity contribution in [1.82, 2.24) is 9.97 Å². The molecule has 0 radical (unpaired) electrons. The van der Waals surface area contributed by atoms with Gasteiger partial charge in [0.1, 0.15) is 11.6 Å². The lowest BCUT2D eigenvalue weighted by atomic mass is 10.0. The van der Waals surface area contributed by atoms with Crippen molar-refractivity contribution < 1.29 is 4.74 Å². The van der Waals surface area contributed by atoms with Gasteiger partial charge < -0.3 is 10.1 Å². The Balaban J connectivity index is 2.96. The van der Waals surface area contributed by atoms with E-state index >= 15 is 0 Å². The van der Waals surface area contributed by atoms with E-state index < -0.39 is 0 Å². The fourth-order valence-corrected chi connectivity index (χ4v) is 2.16. The molecule has 0 fully saturated rings. The summed E-state index contributed by atoms with van der Waals surface area (Å²) in [7, 11) is 1.57. The van der Waals surface area contributed by atoms with E-state index in [0.29, 0.717) is 29.3 Å². The summed E-state index contributed by atoms with van der Waals surface area (Å²) in [5, 5.41) is 3.26. The molecule has 1 N–H and O–H groups in total. The maximum atomic E-state index is 5.97. The third-order valence-electron chi connectivity index (χ3n) is 2.61. The van der Waals surface area contributed by atoms with E-state index in [4.69, 9.17) is 27.9 Å². The molecule has 0 amide bonds. The molecule has 1 rings (SSSR count). The zero-order valence-electron chi connectivity index (χ0n) is 10.3. The second kappa shape index (κ2) is 6.26. The molecule has 0 atom stereocenters. The molecule has 1 aromatic heterocycles. The highest BCUT2D eigenvalue weighted by molar-refractivity contribution is 6.22. The van der Waals surface area contributed by atoms with E-state index in [-0.39, 0.29) is 5.54 Å². The summed E-state index contributed by atoms with van der Waals surface area (Å²) in [5.74, 6) is 2.67. The lowest BCUT2D eigenvalue weighted by Crippen LogP contribution is -2.42. The standard InChI is InChI=1S/C11H17Cl2N3O/c1-4-11(6-12,7-13)16-9-5-10(17-3)15-8(2)14-9/h5H,4,6-7H2,1-3H3,(H,14,15,16). The number of alkyl halides is 2. The number of anilines is 1. The van der Waals surface area contributed by atoms with Crippen molar-refractivity contribution >= 4 is 29.0 Å². The highest BCUT2D eigenvalue weighted by atomic mass is 35.5. The van der Waals surface area contributed by atoms with Crippen LogP contribution >= 0.6 is 23.2 Å². The zero-order valence-corrected chi connectivity index (χ0v) is 11.8. The van der Waals surface area contributed by atoms with Gasteiger partial charge in [-0.2, -0.15) is 4.98 Å². The highest BCUT2D eigenvalue weighted by Crippen LogP contribution is 2.22. The van der Waals surface area contributed by atoms with Crippen molar-refractivity contribution in [2.75, 3.05) is 24.2 Å². The molecule has 0 aliphatic heterocycles. The SMILES string of the molecule is CCC(CCl)(CCl)Nc1cc(OC)nc(C)n1. The number of rotatable bonds is 6. The third kappa shape index (κ3) is 3.61. The first-order valence-electron chi connectivity index (χ1n) is 5.39. The van der Waals surface area contributed by atoms with Gasteiger partial charge in [-0.15, -0.1) is 23.2 Å². The van der Waals surface area contributed by atoms with Crippen LogP contribution in [0.1, 0.15) is 19.2 Å². The summed E-state index contributed by atoms with van der Waals surface area (Å²) in [6.45, 7) is 3.84. The van der Waals surface area contributed by atoms with Crippen LogP contribution in [-0.2, 0) is 0 Å². The van der Waals surface area contributed by atoms with E-state index in [1.54, 1.807) is 13.2 Å². The second-order valence-electron chi connectivity index (χ2n) is 3.87. The number of hydrogen-bond acceptors (Lipinski definition) is 4. The van der Waals surface area contributed by atoms with Gasteiger partial charge >= 0.3 is 0 Å². The molecule has 0 aliphatic carbocycles. The van der Waals surface area contributed by atoms with Crippen LogP contribution in [0.4, 0.5) is 5.82 Å². The fraction of sp³-hybridized carbons (Fsp3) is 0.636. The average molecular weight is 278 g/mol. The summed E-state index contributed by atoms with van der Waals surface area (Å²) in [6.07, 6.45) is 0.811. The quantitative estimate of drug-likeness (QED) is 0.813. The molecule has 0 aliphatic rings. The zero-order chi connectivity index (χ0) is 12.9. The van der Waals surface area contributed by atoms with Gasteiger partial charge in [0, 0.05) is 17.8 Å². The Kier molecular flexibility index (Phi) is 5.28. The van der Waals surface area contributed by atoms with Gasteiger partial charge in [0.2, 0.25) is 5.88 Å². The molecule has 0 saturated heterocycles. The Morgan fingerprint density at radius 1 is 1.35 bits per heavy atom. The first-order chi connectivity index (χ1) is 8.09. The summed E-state index contributed by atoms with van der Waals surface area (Å²) >= 11 is 11.9. The van der Waals surface area contributed by atoms with Gasteiger partial charge in [-0.3, -0.25) is 0 Å². The van der Waals surface area contributed by atoms with E-state index in [0.717, 1.165) is 6.42 Å². The number of ether oxygens (including phenoxy) is 1. The van der Waals surface area contributed by atoms with Crippen molar-refractivity contribution in [2.45, 2.75) is 25.8 Å². The predicted molar refractivity (Wildman–Crippen MR) is 71.4 cm³/mol. The van der Waals surface area contributed by atoms with Crippen LogP contribution in [0, 0.1) is 6.92 Å². The van der Waals surface area contributed by atoms with E-state index in [2.05, 4.69) is 15.3 Å². The first-order valence-corrected chi connectivity index (χ1v) is 6.46. The topological polar surface area (TPSA) is 47.0 Å². The van der Waals surface area contributed by atoms with Crippen LogP contribution in [0.5, 0.6) is 5.88 Å². The minimum absolute atomic E-state index is 0.352. The van der Waals surface area contributed by atoms with Gasteiger partial charge in [-0.05, 0) is 13.3 Å². The largest absolute Gasteiger partial charge is 0.481 e. The van der Waals surface area contributed by atoms with Crippen molar-refractivity contribution in [2.24, 2.45) is 0 Å². The van der Waals surface area contributed by atoms with Crippen LogP contribution < -0.4 is 10.1 Å². The highest BCUT2D eigenvalue weighted by Gasteiger charge is 2.26. The van der Waals surface area contributed by atoms with Crippen LogP contribution in [0.25, 0.3) is 0 Å². The lowest BCUT2D eigenvalue weighted by molar-refractivity contribution is 0.395. The number of aryl methyl sites for hydroxylation is 1. The molecule has 0 bridgehead atoms. The summed E-state index contributed by atoms with van der Waals surface area (Å²) < 4.78 is 5.09. The average Bonchev–Trinajstić information content (AvgIpc) is 2.35. The third-order valence-corrected chi connectivity index (χ3v) is 3.63. The number of halogens is 2. The molecule has 0 saturated carbocycles. The number of methoxy groups -OCH3 is 1. The second-order valence-corrected chi connectivity index (χ2v) is 4.40. The molecular formula is C11H17Cl2N3O. The fourth-order valence-electron chi connectivity index (χ4n) is 1.36. The van der Waals surface area contributed by atoms with E-state index in [1.807, 2.05) is 13.8 Å². The number of aromatic nitrogens is 2. The molecular weight excluding hydrogens is 261 g/mol. The minimum Gasteiger partial charge on any atom is -0.481 e. The van der Waals surface area contributed by atoms with Crippen molar-refractivity contribution in [1.29, 1.82) is 0 Å². The summed E-state index contributed by atoms with van der Waals surface area (Å²) in [6, 6.07) is 1.73. The van der Waals surface area contributed by atoms with Crippen molar-refractivity contribution in [3.8, 4) is 5.88 Å². The first kappa shape index (κ1) is 14.3. The van der Waals surface area contributed by atoms with Crippen LogP contribution in [-0.4, -0.2) is 34.4 Å². The van der Waals surface area contributed by atoms with Crippen LogP contribution in [0.3, 0.4) is 0 Å². The van der Waals surface area contributed by atoms with Crippen LogP contribution in [0.2, 0.25) is 0 Å². The van der Waals surface area contributed by atoms with Crippen molar-refractivity contribution in [3.63, 3.8) is 0 Å². The van der Waals surface area contributed by atoms with Crippen molar-refractivity contribution in [3.05, 3.63) is 11.9 Å². The smallest absolute Gasteiger partial charge is 0.218 e. The molecule has 1 aromatic rings. The van der Waals surface area contributed by atoms with E-state index in [1.165, 1.54) is 0 Å². The van der Waals surface area contributed by atoms with Gasteiger partial charge in [0.15, 0.2) is 0 Å². The maximum absolute atomic E-state index is 5.97. The van der Waals surface area contributed by atoms with Gasteiger partial charge in [0.25, 0.3) is 0 Å². The Morgan fingerprint density at radius 3 is 2.47 bits per heavy atom. The maximum Gasteiger partial charge on any atom is 0.218 e. The van der Waals surface area contributed by atoms with Gasteiger partial charge in [-0.1, -0.05) is 6.92 Å². The molecule has 0 unspecified atom stereocenters. The van der Waals surface area contributed by atoms with Gasteiger partial charge in [-0.25, -0.2) is 4.98 Å². The summed E-state index contributed by atoms with van der Waals surface area (Å²) in [5.41, 5.74) is -0.352. The molecule has 17 heavy (non-hydrogen) atoms. The number of nitrogens with one attached hydrogen (secondary N) is 1. The minimum atomic E-state index is -0.352.